The Morgan fingerprint density at radius 3 is 1.05 bits per heavy atom. The molecule has 3 heterocycles. The van der Waals surface area contributed by atoms with Crippen LogP contribution in [-0.2, 0) is 25.8 Å². The molecule has 3 aromatic heterocycles. The van der Waals surface area contributed by atoms with Crippen molar-refractivity contribution in [3.05, 3.63) is 223 Å². The first-order chi connectivity index (χ1) is 62.1. The Labute approximate surface area is 774 Å². The van der Waals surface area contributed by atoms with Gasteiger partial charge in [0, 0.05) is 86.5 Å². The molecule has 9 N–H and O–H groups in total. The zero-order chi connectivity index (χ0) is 94.1. The number of nitrogens with one attached hydrogen (secondary N) is 8. The van der Waals surface area contributed by atoms with Gasteiger partial charge in [0.15, 0.2) is 26.4 Å². The van der Waals surface area contributed by atoms with Crippen molar-refractivity contribution in [2.24, 2.45) is 23.7 Å². The molecule has 12 saturated carbocycles. The molecule has 0 spiro atoms. The van der Waals surface area contributed by atoms with E-state index >= 15 is 0 Å². The van der Waals surface area contributed by atoms with Gasteiger partial charge in [0.1, 0.15) is 74.1 Å². The number of halogens is 12. The summed E-state index contributed by atoms with van der Waals surface area (Å²) in [5.74, 6) is -4.12. The number of pyridine rings is 2. The summed E-state index contributed by atoms with van der Waals surface area (Å²) in [4.78, 5) is 110. The van der Waals surface area contributed by atoms with E-state index in [9.17, 15) is 78.6 Å². The Hall–Kier alpha value is -10.7. The molecular weight excluding hydrogens is 1820 g/mol. The number of alkyl halides is 3. The van der Waals surface area contributed by atoms with Crippen molar-refractivity contribution in [2.45, 2.75) is 213 Å². The maximum absolute atomic E-state index is 13.6. The zero-order valence-electron chi connectivity index (χ0n) is 71.9. The first-order valence-corrected chi connectivity index (χ1v) is 45.2. The summed E-state index contributed by atoms with van der Waals surface area (Å²) < 4.78 is 134. The van der Waals surface area contributed by atoms with Gasteiger partial charge in [-0.1, -0.05) is 80.2 Å². The number of aromatic nitrogens is 3. The van der Waals surface area contributed by atoms with Crippen molar-refractivity contribution in [1.82, 2.24) is 56.9 Å². The van der Waals surface area contributed by atoms with Crippen LogP contribution in [-0.4, -0.2) is 144 Å². The van der Waals surface area contributed by atoms with Crippen LogP contribution >= 0.6 is 57.9 Å². The highest BCUT2D eigenvalue weighted by molar-refractivity contribution is 7.08. The fourth-order valence-electron chi connectivity index (χ4n) is 20.0. The summed E-state index contributed by atoms with van der Waals surface area (Å²) in [6, 6.07) is 29.0. The van der Waals surface area contributed by atoms with Gasteiger partial charge in [0.05, 0.1) is 32.9 Å². The van der Waals surface area contributed by atoms with E-state index in [1.165, 1.54) is 90.5 Å². The highest BCUT2D eigenvalue weighted by Gasteiger charge is 2.58. The molecule has 12 aliphatic rings. The first-order valence-electron chi connectivity index (χ1n) is 42.9. The monoisotopic (exact) mass is 1920 g/mol. The Morgan fingerprint density at radius 2 is 0.740 bits per heavy atom. The van der Waals surface area contributed by atoms with Crippen LogP contribution in [0.25, 0.3) is 0 Å². The van der Waals surface area contributed by atoms with Crippen LogP contribution in [0.4, 0.5) is 35.1 Å². The number of hydrogen-bond acceptors (Lipinski definition) is 18. The molecule has 131 heavy (non-hydrogen) atoms. The summed E-state index contributed by atoms with van der Waals surface area (Å²) in [5.41, 5.74) is -1.68. The van der Waals surface area contributed by atoms with E-state index in [1.807, 2.05) is 6.92 Å². The van der Waals surface area contributed by atoms with Crippen molar-refractivity contribution in [1.29, 1.82) is 0 Å². The van der Waals surface area contributed by atoms with Gasteiger partial charge in [-0.05, 0) is 266 Å². The number of rotatable bonds is 26. The molecule has 8 amide bonds. The van der Waals surface area contributed by atoms with Crippen molar-refractivity contribution in [2.75, 3.05) is 26.4 Å². The average Bonchev–Trinajstić information content (AvgIpc) is 0.861. The zero-order valence-corrected chi connectivity index (χ0v) is 75.7. The summed E-state index contributed by atoms with van der Waals surface area (Å²) >= 11 is 23.8. The molecule has 700 valence electrons. The van der Waals surface area contributed by atoms with Gasteiger partial charge in [-0.25, -0.2) is 31.3 Å². The Kier molecular flexibility index (Phi) is 30.5. The molecule has 12 fully saturated rings. The predicted molar refractivity (Wildman–Crippen MR) is 470 cm³/mol. The van der Waals surface area contributed by atoms with E-state index in [1.54, 1.807) is 30.5 Å². The van der Waals surface area contributed by atoms with Crippen LogP contribution < -0.4 is 66.2 Å². The van der Waals surface area contributed by atoms with E-state index in [0.29, 0.717) is 48.1 Å². The second kappa shape index (κ2) is 40.8. The van der Waals surface area contributed by atoms with Gasteiger partial charge in [-0.3, -0.25) is 43.3 Å². The number of nitrogens with zero attached hydrogens (tertiary/aromatic N) is 3. The fourth-order valence-corrected chi connectivity index (χ4v) is 21.0. The average molecular weight is 1920 g/mol. The van der Waals surface area contributed by atoms with Crippen LogP contribution in [0.2, 0.25) is 20.1 Å². The van der Waals surface area contributed by atoms with Gasteiger partial charge in [-0.2, -0.15) is 0 Å². The largest absolute Gasteiger partial charge is 0.573 e. The lowest BCUT2D eigenvalue weighted by Crippen LogP contribution is -2.67. The van der Waals surface area contributed by atoms with Crippen LogP contribution in [0.3, 0.4) is 0 Å². The first kappa shape index (κ1) is 97.9. The summed E-state index contributed by atoms with van der Waals surface area (Å²) in [6.07, 6.45) is 13.6. The predicted octanol–water partition coefficient (Wildman–Crippen LogP) is 16.8. The number of ether oxygens (including phenoxy) is 5. The van der Waals surface area contributed by atoms with E-state index < -0.39 is 58.2 Å². The normalized spacial score (nSPS) is 26.2. The van der Waals surface area contributed by atoms with E-state index in [4.69, 9.17) is 65.4 Å². The molecule has 0 saturated heterocycles. The molecule has 8 aromatic rings. The molecule has 0 aliphatic heterocycles. The van der Waals surface area contributed by atoms with E-state index in [-0.39, 0.29) is 186 Å². The summed E-state index contributed by atoms with van der Waals surface area (Å²) in [5, 5.41) is 34.3. The van der Waals surface area contributed by atoms with Gasteiger partial charge in [-0.15, -0.1) is 13.2 Å². The molecule has 8 bridgehead atoms. The molecule has 4 atom stereocenters. The fraction of sp³-hybridized carbons (Fsp3) is 0.452. The lowest BCUT2D eigenvalue weighted by atomic mass is 9.56. The summed E-state index contributed by atoms with van der Waals surface area (Å²) in [7, 11) is 0. The molecule has 25 nitrogen and oxygen atoms in total. The molecule has 5 aromatic carbocycles. The molecule has 0 radical (unpaired) electrons. The number of carbonyl (C=O) groups excluding carboxylic acids is 8. The van der Waals surface area contributed by atoms with Gasteiger partial charge in [0.25, 0.3) is 47.3 Å². The number of aliphatic hydroxyl groups excluding tert-OH is 1. The SMILES string of the molecule is C[C@H]1CC2(NC(=O)c3cc(CO)ccn3)CCC1(NC(=O)COc1ccc(Cl)c(F)c1)CC2.C[C@H]1CC2(NC(=O)c3ccc(OC(F)(F)F)cn3)CCC1(NC(=O)COc1ccc(Cl)c(F)c1)CC2.C[C@H]1CC2(NC(=O)c3cccc(F)c3)CCC1(NC(=O)COc1ccc(Cl)c(F)c1)CC2.C[C@H]1CC2(NC(=O)c3ccns3)CCC1(NC(=O)COc1ccc(Cl)c(F)c1)CC2. The van der Waals surface area contributed by atoms with E-state index in [0.717, 1.165) is 133 Å². The Balaban J connectivity index is 0.000000149. The van der Waals surface area contributed by atoms with Crippen molar-refractivity contribution < 1.29 is 102 Å². The number of aliphatic hydroxyl groups is 1. The molecular formula is C93H99Cl4F8N11O14S. The lowest BCUT2D eigenvalue weighted by Gasteiger charge is -2.57. The van der Waals surface area contributed by atoms with Gasteiger partial charge < -0.3 is 71.3 Å². The van der Waals surface area contributed by atoms with Crippen molar-refractivity contribution in [3.63, 3.8) is 0 Å². The molecule has 12 aliphatic carbocycles. The number of benzene rings is 5. The van der Waals surface area contributed by atoms with Crippen molar-refractivity contribution in [3.8, 4) is 28.7 Å². The van der Waals surface area contributed by atoms with Gasteiger partial charge in [0.2, 0.25) is 0 Å². The third-order valence-electron chi connectivity index (χ3n) is 27.3. The van der Waals surface area contributed by atoms with Gasteiger partial charge >= 0.3 is 6.36 Å². The lowest BCUT2D eigenvalue weighted by molar-refractivity contribution is -0.274. The minimum atomic E-state index is -4.84. The Morgan fingerprint density at radius 1 is 0.397 bits per heavy atom. The van der Waals surface area contributed by atoms with Crippen LogP contribution in [0, 0.1) is 52.8 Å². The standard InChI is InChI=1S/C24H24ClF4N3O4.C24H25ClF2N2O3.C24H27ClFN3O4.C21H23ClFN3O3S/c1-14-11-22(32-21(34)19-5-3-16(12-30-19)36-24(27,28)29)6-8-23(14,9-7-22)31-20(33)13-35-15-2-4-17(25)18(26)10-15;1-15-13-23(29-22(31)16-3-2-4-17(26)11-16)7-9-24(15,10-8-23)28-21(30)14-32-18-5-6-19(25)20(27)12-18;1-15-12-23(29-22(32)20-10-16(13-30)4-9-27-20)5-7-24(15,8-6-23)28-21(31)14-33-17-2-3-18(25)19(26)11-17;1-13-11-20(26-19(28)17-4-9-24-30-17)5-7-21(13,8-6-20)25-18(27)12-29-14-2-3-15(22)16(23)10-14/h2-5,10,12,14H,6-9,11,13H2,1H3,(H,31,33)(H,32,34);2-6,11-12,15H,7-10,13-14H2,1H3,(H,28,30)(H,29,31);2-4,9-11,15,30H,5-8,12-14H2,1H3,(H,28,31)(H,29,32);2-4,9-10,13H,5-8,11-12H2,1H3,(H,25,27)(H,26,28)/t14-,22?,23?;2*15-,23?,24?;13-,20?,21?/m0000/s1. The number of amides is 8. The smallest absolute Gasteiger partial charge is 0.484 e. The summed E-state index contributed by atoms with van der Waals surface area (Å²) in [6.45, 7) is 7.19. The minimum absolute atomic E-state index is 0.00335. The van der Waals surface area contributed by atoms with Crippen LogP contribution in [0.1, 0.15) is 203 Å². The second-order valence-corrected chi connectivity index (χ2v) is 38.1. The van der Waals surface area contributed by atoms with Crippen molar-refractivity contribution >= 4 is 105 Å². The highest BCUT2D eigenvalue weighted by atomic mass is 35.5. The molecule has 20 rings (SSSR count). The quantitative estimate of drug-likeness (QED) is 0.0227. The maximum atomic E-state index is 13.6. The number of fused-ring (bicyclic) bond motifs is 12. The Bertz CT molecular complexity index is 5510. The highest BCUT2D eigenvalue weighted by Crippen LogP contribution is 2.54. The second-order valence-electron chi connectivity index (χ2n) is 35.7. The minimum Gasteiger partial charge on any atom is -0.484 e. The van der Waals surface area contributed by atoms with Crippen LogP contribution in [0.5, 0.6) is 28.7 Å². The number of hydrogen-bond donors (Lipinski definition) is 9. The maximum Gasteiger partial charge on any atom is 0.573 e. The van der Waals surface area contributed by atoms with E-state index in [2.05, 4.69) is 82.4 Å². The third kappa shape index (κ3) is 24.1. The van der Waals surface area contributed by atoms with Crippen LogP contribution in [0.15, 0.2) is 146 Å². The molecule has 38 heteroatoms. The molecule has 0 unspecified atom stereocenters. The number of carbonyl (C=O) groups is 8. The third-order valence-corrected chi connectivity index (χ3v) is 29.2. The topological polar surface area (TPSA) is 338 Å².